The summed E-state index contributed by atoms with van der Waals surface area (Å²) in [6.07, 6.45) is 0. The van der Waals surface area contributed by atoms with E-state index in [4.69, 9.17) is 14.6 Å². The SMILES string of the molecule is COc1cc(CNCc2ccccc2)ccc1OCCO.Cl. The van der Waals surface area contributed by atoms with E-state index < -0.39 is 0 Å². The molecule has 0 aliphatic rings. The third-order valence-corrected chi connectivity index (χ3v) is 3.08. The van der Waals surface area contributed by atoms with E-state index in [1.807, 2.05) is 36.4 Å². The maximum absolute atomic E-state index is 8.79. The lowest BCUT2D eigenvalue weighted by Crippen LogP contribution is -2.12. The number of hydrogen-bond donors (Lipinski definition) is 2. The van der Waals surface area contributed by atoms with Gasteiger partial charge in [-0.2, -0.15) is 0 Å². The van der Waals surface area contributed by atoms with Crippen molar-refractivity contribution in [3.63, 3.8) is 0 Å². The average Bonchev–Trinajstić information content (AvgIpc) is 2.54. The number of halogens is 1. The molecule has 0 saturated carbocycles. The molecule has 0 atom stereocenters. The number of nitrogens with one attached hydrogen (secondary N) is 1. The van der Waals surface area contributed by atoms with Gasteiger partial charge in [0.05, 0.1) is 13.7 Å². The minimum atomic E-state index is -0.0104. The predicted molar refractivity (Wildman–Crippen MR) is 89.8 cm³/mol. The second-order valence-electron chi connectivity index (χ2n) is 4.65. The van der Waals surface area contributed by atoms with Gasteiger partial charge in [0.15, 0.2) is 11.5 Å². The van der Waals surface area contributed by atoms with Gasteiger partial charge in [-0.25, -0.2) is 0 Å². The molecule has 0 unspecified atom stereocenters. The molecule has 0 aromatic heterocycles. The van der Waals surface area contributed by atoms with Crippen LogP contribution < -0.4 is 14.8 Å². The van der Waals surface area contributed by atoms with Crippen LogP contribution in [0, 0.1) is 0 Å². The molecular weight excluding hydrogens is 302 g/mol. The molecule has 0 saturated heterocycles. The summed E-state index contributed by atoms with van der Waals surface area (Å²) in [7, 11) is 1.61. The number of benzene rings is 2. The molecule has 2 aromatic rings. The molecule has 5 heteroatoms. The van der Waals surface area contributed by atoms with Gasteiger partial charge in [-0.3, -0.25) is 0 Å². The van der Waals surface area contributed by atoms with Crippen LogP contribution in [-0.4, -0.2) is 25.4 Å². The summed E-state index contributed by atoms with van der Waals surface area (Å²) in [5.41, 5.74) is 2.38. The summed E-state index contributed by atoms with van der Waals surface area (Å²) in [6.45, 7) is 1.84. The minimum Gasteiger partial charge on any atom is -0.493 e. The predicted octanol–water partition coefficient (Wildman–Crippen LogP) is 2.78. The van der Waals surface area contributed by atoms with Crippen molar-refractivity contribution in [2.75, 3.05) is 20.3 Å². The molecule has 4 nitrogen and oxygen atoms in total. The normalized spacial score (nSPS) is 9.91. The van der Waals surface area contributed by atoms with E-state index in [-0.39, 0.29) is 25.6 Å². The van der Waals surface area contributed by atoms with Crippen molar-refractivity contribution in [3.05, 3.63) is 59.7 Å². The largest absolute Gasteiger partial charge is 0.493 e. The molecule has 120 valence electrons. The Kier molecular flexibility index (Phi) is 8.36. The van der Waals surface area contributed by atoms with Gasteiger partial charge in [-0.15, -0.1) is 12.4 Å². The highest BCUT2D eigenvalue weighted by Crippen LogP contribution is 2.27. The highest BCUT2D eigenvalue weighted by Gasteiger charge is 2.05. The first-order valence-electron chi connectivity index (χ1n) is 6.98. The molecule has 0 bridgehead atoms. The Morgan fingerprint density at radius 1 is 0.955 bits per heavy atom. The van der Waals surface area contributed by atoms with Crippen molar-refractivity contribution in [2.45, 2.75) is 13.1 Å². The number of aliphatic hydroxyl groups is 1. The number of rotatable bonds is 8. The van der Waals surface area contributed by atoms with Crippen molar-refractivity contribution < 1.29 is 14.6 Å². The van der Waals surface area contributed by atoms with E-state index in [0.29, 0.717) is 11.5 Å². The van der Waals surface area contributed by atoms with Crippen molar-refractivity contribution in [3.8, 4) is 11.5 Å². The zero-order valence-corrected chi connectivity index (χ0v) is 13.4. The van der Waals surface area contributed by atoms with Gasteiger partial charge in [0.2, 0.25) is 0 Å². The van der Waals surface area contributed by atoms with Gasteiger partial charge in [-0.1, -0.05) is 36.4 Å². The maximum atomic E-state index is 8.79. The molecule has 0 aliphatic heterocycles. The number of ether oxygens (including phenoxy) is 2. The van der Waals surface area contributed by atoms with Gasteiger partial charge in [0.25, 0.3) is 0 Å². The molecule has 0 heterocycles. The zero-order valence-electron chi connectivity index (χ0n) is 12.6. The fourth-order valence-corrected chi connectivity index (χ4v) is 2.04. The summed E-state index contributed by atoms with van der Waals surface area (Å²) in [4.78, 5) is 0. The second-order valence-corrected chi connectivity index (χ2v) is 4.65. The van der Waals surface area contributed by atoms with E-state index in [1.165, 1.54) is 5.56 Å². The first-order chi connectivity index (χ1) is 10.3. The zero-order chi connectivity index (χ0) is 14.9. The monoisotopic (exact) mass is 323 g/mol. The Morgan fingerprint density at radius 2 is 1.68 bits per heavy atom. The molecule has 0 aliphatic carbocycles. The topological polar surface area (TPSA) is 50.7 Å². The molecule has 22 heavy (non-hydrogen) atoms. The third-order valence-electron chi connectivity index (χ3n) is 3.08. The van der Waals surface area contributed by atoms with Gasteiger partial charge in [0, 0.05) is 13.1 Å². The summed E-state index contributed by atoms with van der Waals surface area (Å²) >= 11 is 0. The Bertz CT molecular complexity index is 549. The van der Waals surface area contributed by atoms with Gasteiger partial charge >= 0.3 is 0 Å². The van der Waals surface area contributed by atoms with Crippen LogP contribution in [-0.2, 0) is 13.1 Å². The van der Waals surface area contributed by atoms with Crippen LogP contribution in [0.15, 0.2) is 48.5 Å². The lowest BCUT2D eigenvalue weighted by atomic mass is 10.2. The molecule has 0 radical (unpaired) electrons. The molecule has 0 fully saturated rings. The summed E-state index contributed by atoms with van der Waals surface area (Å²) in [5.74, 6) is 1.33. The lowest BCUT2D eigenvalue weighted by Gasteiger charge is -2.12. The van der Waals surface area contributed by atoms with Crippen LogP contribution in [0.25, 0.3) is 0 Å². The summed E-state index contributed by atoms with van der Waals surface area (Å²) in [5, 5.41) is 12.2. The van der Waals surface area contributed by atoms with Crippen molar-refractivity contribution in [1.29, 1.82) is 0 Å². The molecule has 2 rings (SSSR count). The quantitative estimate of drug-likeness (QED) is 0.784. The van der Waals surface area contributed by atoms with Crippen molar-refractivity contribution in [1.82, 2.24) is 5.32 Å². The van der Waals surface area contributed by atoms with Crippen LogP contribution in [0.5, 0.6) is 11.5 Å². The van der Waals surface area contributed by atoms with Gasteiger partial charge in [-0.05, 0) is 23.3 Å². The van der Waals surface area contributed by atoms with E-state index in [9.17, 15) is 0 Å². The van der Waals surface area contributed by atoms with Crippen LogP contribution in [0.3, 0.4) is 0 Å². The van der Waals surface area contributed by atoms with Crippen LogP contribution in [0.1, 0.15) is 11.1 Å². The number of methoxy groups -OCH3 is 1. The first kappa shape index (κ1) is 18.3. The minimum absolute atomic E-state index is 0. The summed E-state index contributed by atoms with van der Waals surface area (Å²) in [6, 6.07) is 16.1. The fraction of sp³-hybridized carbons (Fsp3) is 0.294. The standard InChI is InChI=1S/C17H21NO3.ClH/c1-20-17-11-15(7-8-16(17)21-10-9-19)13-18-12-14-5-3-2-4-6-14;/h2-8,11,18-19H,9-10,12-13H2,1H3;1H. The summed E-state index contributed by atoms with van der Waals surface area (Å²) < 4.78 is 10.7. The van der Waals surface area contributed by atoms with Crippen molar-refractivity contribution in [2.24, 2.45) is 0 Å². The van der Waals surface area contributed by atoms with Crippen LogP contribution in [0.2, 0.25) is 0 Å². The van der Waals surface area contributed by atoms with E-state index >= 15 is 0 Å². The molecule has 0 spiro atoms. The Balaban J connectivity index is 0.00000242. The van der Waals surface area contributed by atoms with Crippen LogP contribution in [0.4, 0.5) is 0 Å². The van der Waals surface area contributed by atoms with E-state index in [2.05, 4.69) is 17.4 Å². The molecular formula is C17H22ClNO3. The second kappa shape index (κ2) is 10.1. The fourth-order valence-electron chi connectivity index (χ4n) is 2.04. The van der Waals surface area contributed by atoms with Crippen molar-refractivity contribution >= 4 is 12.4 Å². The lowest BCUT2D eigenvalue weighted by molar-refractivity contribution is 0.196. The number of hydrogen-bond acceptors (Lipinski definition) is 4. The van der Waals surface area contributed by atoms with Crippen LogP contribution >= 0.6 is 12.4 Å². The highest BCUT2D eigenvalue weighted by molar-refractivity contribution is 5.85. The Morgan fingerprint density at radius 3 is 2.36 bits per heavy atom. The van der Waals surface area contributed by atoms with E-state index in [0.717, 1.165) is 18.7 Å². The number of aliphatic hydroxyl groups excluding tert-OH is 1. The molecule has 0 amide bonds. The van der Waals surface area contributed by atoms with Gasteiger partial charge < -0.3 is 19.9 Å². The first-order valence-corrected chi connectivity index (χ1v) is 6.98. The smallest absolute Gasteiger partial charge is 0.161 e. The average molecular weight is 324 g/mol. The third kappa shape index (κ3) is 5.56. The molecule has 2 aromatic carbocycles. The Labute approximate surface area is 137 Å². The molecule has 2 N–H and O–H groups in total. The maximum Gasteiger partial charge on any atom is 0.161 e. The van der Waals surface area contributed by atoms with E-state index in [1.54, 1.807) is 7.11 Å². The highest BCUT2D eigenvalue weighted by atomic mass is 35.5. The Hall–Kier alpha value is -1.75. The van der Waals surface area contributed by atoms with Gasteiger partial charge in [0.1, 0.15) is 6.61 Å².